The van der Waals surface area contributed by atoms with Crippen molar-refractivity contribution in [3.05, 3.63) is 175 Å². The van der Waals surface area contributed by atoms with Crippen LogP contribution < -0.4 is 33.2 Å². The van der Waals surface area contributed by atoms with Gasteiger partial charge in [0.1, 0.15) is 68.2 Å². The monoisotopic (exact) mass is 1100 g/mol. The molecular weight excluding hydrogens is 1070 g/mol. The molecule has 1 N–H and O–H groups in total. The van der Waals surface area contributed by atoms with Gasteiger partial charge in [0.25, 0.3) is 0 Å². The molecule has 0 aromatic heterocycles. The second-order valence-corrected chi connectivity index (χ2v) is 17.2. The van der Waals surface area contributed by atoms with Crippen LogP contribution in [0.4, 0.5) is 0 Å². The average Bonchev–Trinajstić information content (AvgIpc) is 3.28. The molecule has 0 fully saturated rings. The van der Waals surface area contributed by atoms with Gasteiger partial charge in [0.05, 0.1) is 39.9 Å². The number of aromatic hydroxyl groups is 1. The van der Waals surface area contributed by atoms with Gasteiger partial charge in [-0.1, -0.05) is 145 Å². The second kappa shape index (κ2) is 30.3. The summed E-state index contributed by atoms with van der Waals surface area (Å²) in [6, 6.07) is 39.7. The van der Waals surface area contributed by atoms with Crippen molar-refractivity contribution in [2.45, 2.75) is 12.8 Å². The Morgan fingerprint density at radius 2 is 0.785 bits per heavy atom. The zero-order valence-corrected chi connectivity index (χ0v) is 41.9. The normalized spacial score (nSPS) is 10.2. The zero-order valence-electron chi connectivity index (χ0n) is 34.2. The van der Waals surface area contributed by atoms with Crippen molar-refractivity contribution in [1.29, 1.82) is 0 Å². The van der Waals surface area contributed by atoms with Crippen LogP contribution in [0.5, 0.6) is 57.5 Å². The van der Waals surface area contributed by atoms with Crippen LogP contribution in [0.1, 0.15) is 12.8 Å². The zero-order chi connectivity index (χ0) is 46.8. The third-order valence-electron chi connectivity index (χ3n) is 7.87. The smallest absolute Gasteiger partial charge is 0.156 e. The first-order valence-electron chi connectivity index (χ1n) is 19.5. The highest BCUT2D eigenvalue weighted by atomic mass is 79.9. The van der Waals surface area contributed by atoms with Gasteiger partial charge in [0.15, 0.2) is 11.5 Å². The number of hydrogen-bond acceptors (Lipinski definition) is 8. The molecule has 8 nitrogen and oxygen atoms in total. The molecule has 0 unspecified atom stereocenters. The van der Waals surface area contributed by atoms with E-state index in [1.165, 1.54) is 12.2 Å². The molecule has 0 saturated heterocycles. The fourth-order valence-electron chi connectivity index (χ4n) is 4.94. The summed E-state index contributed by atoms with van der Waals surface area (Å²) in [4.78, 5) is 0. The van der Waals surface area contributed by atoms with E-state index in [9.17, 15) is 0 Å². The Hall–Kier alpha value is -4.00. The van der Waals surface area contributed by atoms with E-state index in [0.717, 1.165) is 34.7 Å². The largest absolute Gasteiger partial charge is 0.508 e. The number of halogens is 9. The van der Waals surface area contributed by atoms with E-state index < -0.39 is 0 Å². The van der Waals surface area contributed by atoms with Crippen LogP contribution in [0.25, 0.3) is 0 Å². The molecule has 0 aliphatic heterocycles. The molecule has 65 heavy (non-hydrogen) atoms. The number of benzene rings is 6. The topological polar surface area (TPSA) is 84.8 Å². The van der Waals surface area contributed by atoms with Crippen LogP contribution in [-0.4, -0.2) is 43.5 Å². The Kier molecular flexibility index (Phi) is 25.0. The van der Waals surface area contributed by atoms with E-state index in [0.29, 0.717) is 75.1 Å². The van der Waals surface area contributed by atoms with Gasteiger partial charge in [-0.05, 0) is 91.4 Å². The number of rotatable bonds is 20. The first-order chi connectivity index (χ1) is 31.4. The van der Waals surface area contributed by atoms with Crippen LogP contribution in [0.15, 0.2) is 155 Å². The molecule has 0 bridgehead atoms. The molecule has 6 rings (SSSR count). The van der Waals surface area contributed by atoms with Crippen molar-refractivity contribution in [2.75, 3.05) is 38.4 Å². The van der Waals surface area contributed by atoms with Crippen molar-refractivity contribution in [2.24, 2.45) is 0 Å². The van der Waals surface area contributed by atoms with Gasteiger partial charge in [0.2, 0.25) is 0 Å². The van der Waals surface area contributed by atoms with Gasteiger partial charge in [-0.2, -0.15) is 0 Å². The molecule has 0 heterocycles. The quantitative estimate of drug-likeness (QED) is 0.0598. The molecule has 17 heteroatoms. The van der Waals surface area contributed by atoms with E-state index in [1.807, 2.05) is 84.9 Å². The highest BCUT2D eigenvalue weighted by molar-refractivity contribution is 9.09. The maximum atomic E-state index is 9.07. The van der Waals surface area contributed by atoms with Gasteiger partial charge < -0.3 is 38.3 Å². The Labute approximate surface area is 427 Å². The van der Waals surface area contributed by atoms with Gasteiger partial charge >= 0.3 is 0 Å². The van der Waals surface area contributed by atoms with Crippen LogP contribution in [0.3, 0.4) is 0 Å². The lowest BCUT2D eigenvalue weighted by molar-refractivity contribution is 0.247. The molecule has 0 radical (unpaired) electrons. The maximum absolute atomic E-state index is 9.07. The summed E-state index contributed by atoms with van der Waals surface area (Å²) in [5.74, 6) is 5.88. The SMILES string of the molecule is ClC(Cl)=CCOc1cc(Cl)c(OCCCBr)c(Cl)c1.ClC(Cl)=CCOc1cc(Cl)c(OCCCOc2ccc(Oc3ccccc3)cc2)c(Cl)c1.Oc1ccc(Oc2ccccc2)cc1. The van der Waals surface area contributed by atoms with Crippen LogP contribution >= 0.6 is 109 Å². The minimum absolute atomic E-state index is 0.126. The third-order valence-corrected chi connectivity index (χ3v) is 10.2. The summed E-state index contributed by atoms with van der Waals surface area (Å²) in [5.41, 5.74) is 0. The Balaban J connectivity index is 0.000000236. The van der Waals surface area contributed by atoms with Crippen molar-refractivity contribution < 1.29 is 38.3 Å². The van der Waals surface area contributed by atoms with E-state index >= 15 is 0 Å². The van der Waals surface area contributed by atoms with Crippen molar-refractivity contribution in [1.82, 2.24) is 0 Å². The molecule has 0 aliphatic carbocycles. The van der Waals surface area contributed by atoms with Crippen LogP contribution in [0.2, 0.25) is 20.1 Å². The lowest BCUT2D eigenvalue weighted by Gasteiger charge is -2.13. The number of alkyl halides is 1. The highest BCUT2D eigenvalue weighted by Gasteiger charge is 2.12. The molecular formula is C48H41BrCl8O8. The molecule has 344 valence electrons. The first kappa shape index (κ1) is 53.6. The summed E-state index contributed by atoms with van der Waals surface area (Å²) < 4.78 is 39.4. The Morgan fingerprint density at radius 1 is 0.431 bits per heavy atom. The van der Waals surface area contributed by atoms with Gasteiger partial charge in [-0.25, -0.2) is 0 Å². The minimum atomic E-state index is 0.126. The maximum Gasteiger partial charge on any atom is 0.156 e. The second-order valence-electron chi connectivity index (χ2n) is 12.8. The molecule has 0 spiro atoms. The number of hydrogen-bond donors (Lipinski definition) is 1. The summed E-state index contributed by atoms with van der Waals surface area (Å²) in [6.45, 7) is 1.83. The first-order valence-corrected chi connectivity index (χ1v) is 23.6. The predicted octanol–water partition coefficient (Wildman–Crippen LogP) is 17.4. The Bertz CT molecular complexity index is 2320. The summed E-state index contributed by atoms with van der Waals surface area (Å²) >= 11 is 50.1. The summed E-state index contributed by atoms with van der Waals surface area (Å²) in [6.07, 6.45) is 4.54. The Morgan fingerprint density at radius 3 is 1.18 bits per heavy atom. The van der Waals surface area contributed by atoms with E-state index in [-0.39, 0.29) is 27.9 Å². The molecule has 0 atom stereocenters. The van der Waals surface area contributed by atoms with Gasteiger partial charge in [-0.15, -0.1) is 0 Å². The summed E-state index contributed by atoms with van der Waals surface area (Å²) in [5, 5.41) is 11.4. The van der Waals surface area contributed by atoms with Gasteiger partial charge in [-0.3, -0.25) is 0 Å². The molecule has 6 aromatic carbocycles. The van der Waals surface area contributed by atoms with Crippen molar-refractivity contribution in [3.8, 4) is 57.5 Å². The molecule has 0 saturated carbocycles. The average molecular weight is 1110 g/mol. The van der Waals surface area contributed by atoms with Crippen molar-refractivity contribution in [3.63, 3.8) is 0 Å². The lowest BCUT2D eigenvalue weighted by Crippen LogP contribution is -2.05. The molecule has 0 aliphatic rings. The predicted molar refractivity (Wildman–Crippen MR) is 271 cm³/mol. The van der Waals surface area contributed by atoms with Crippen LogP contribution in [-0.2, 0) is 0 Å². The van der Waals surface area contributed by atoms with E-state index in [4.69, 9.17) is 131 Å². The van der Waals surface area contributed by atoms with Crippen LogP contribution in [0, 0.1) is 0 Å². The van der Waals surface area contributed by atoms with E-state index in [2.05, 4.69) is 15.9 Å². The number of phenolic OH excluding ortho intramolecular Hbond substituents is 1. The molecule has 6 aromatic rings. The number of para-hydroxylation sites is 2. The standard InChI is InChI=1S/C24H20Cl4O4.C12H11BrCl4O2.C12H10O2/c25-21-15-20(30-14-11-23(27)28)16-22(26)24(21)31-13-4-12-29-17-7-9-19(10-8-17)32-18-5-2-1-3-6-18;13-3-1-4-19-12-9(14)6-8(7-10(12)15)18-5-2-11(16)17;13-10-6-8-12(9-7-10)14-11-4-2-1-3-5-11/h1-3,5-11,15-16H,4,12-14H2;2,6-7H,1,3-5H2;1-9,13H. The number of ether oxygens (including phenoxy) is 7. The fraction of sp³-hybridized carbons (Fsp3) is 0.167. The van der Waals surface area contributed by atoms with Crippen molar-refractivity contribution >= 4 is 109 Å². The highest BCUT2D eigenvalue weighted by Crippen LogP contribution is 2.38. The number of phenols is 1. The summed E-state index contributed by atoms with van der Waals surface area (Å²) in [7, 11) is 0. The fourth-order valence-corrected chi connectivity index (χ4v) is 6.57. The van der Waals surface area contributed by atoms with Gasteiger partial charge in [0, 0.05) is 36.0 Å². The molecule has 0 amide bonds. The third kappa shape index (κ3) is 21.5. The lowest BCUT2D eigenvalue weighted by atomic mass is 10.3. The van der Waals surface area contributed by atoms with E-state index in [1.54, 1.807) is 48.5 Å². The minimum Gasteiger partial charge on any atom is -0.508 e.